The van der Waals surface area contributed by atoms with Gasteiger partial charge in [0.2, 0.25) is 0 Å². The highest BCUT2D eigenvalue weighted by Crippen LogP contribution is 2.14. The van der Waals surface area contributed by atoms with Crippen LogP contribution in [0.1, 0.15) is 104 Å². The molecule has 196 valence electrons. The smallest absolute Gasteiger partial charge is 0.0747 e. The lowest BCUT2D eigenvalue weighted by atomic mass is 9.97. The number of piperidine rings is 2. The minimum absolute atomic E-state index is 0.536. The average Bonchev–Trinajstić information content (AvgIpc) is 2.88. The molecule has 3 aliphatic rings. The Hall–Kier alpha value is -1.04. The summed E-state index contributed by atoms with van der Waals surface area (Å²) in [6.07, 6.45) is 14.7. The van der Waals surface area contributed by atoms with Crippen LogP contribution in [-0.2, 0) is 0 Å². The van der Waals surface area contributed by atoms with Crippen LogP contribution in [0.15, 0.2) is 30.3 Å². The minimum Gasteiger partial charge on any atom is -0.366 e. The fourth-order valence-corrected chi connectivity index (χ4v) is 4.45. The van der Waals surface area contributed by atoms with Crippen LogP contribution in [-0.4, -0.2) is 52.0 Å². The second-order valence-corrected chi connectivity index (χ2v) is 10.4. The summed E-state index contributed by atoms with van der Waals surface area (Å²) in [5.74, 6) is 0. The van der Waals surface area contributed by atoms with Gasteiger partial charge in [-0.3, -0.25) is 0 Å². The molecule has 1 saturated carbocycles. The predicted molar refractivity (Wildman–Crippen MR) is 161 cm³/mol. The Morgan fingerprint density at radius 3 is 1.24 bits per heavy atom. The zero-order valence-corrected chi connectivity index (χ0v) is 24.5. The van der Waals surface area contributed by atoms with E-state index in [-0.39, 0.29) is 0 Å². The van der Waals surface area contributed by atoms with E-state index in [4.69, 9.17) is 30.2 Å². The van der Waals surface area contributed by atoms with Crippen LogP contribution in [0.2, 0.25) is 0 Å². The van der Waals surface area contributed by atoms with Crippen molar-refractivity contribution >= 4 is 34.4 Å². The molecule has 0 amide bonds. The summed E-state index contributed by atoms with van der Waals surface area (Å²) in [5, 5.41) is 0. The highest BCUT2D eigenvalue weighted by molar-refractivity contribution is 7.80. The standard InChI is InChI=1S/2C7H13NS.C7H8.C6H13N.C2H6/c2*1-7(9)8-5-3-2-4-6-8;1-7-5-3-2-4-6-7;7-6-4-2-1-3-5-6;1-2/h2*2-6H2,1H3;2-6H,1H3;6H,1-5,7H2;1-2H3. The number of hydrogen-bond donors (Lipinski definition) is 1. The lowest BCUT2D eigenvalue weighted by Gasteiger charge is -2.27. The Balaban J connectivity index is 0.000000419. The number of thiocarbonyl (C=S) groups is 2. The Kier molecular flexibility index (Phi) is 21.7. The van der Waals surface area contributed by atoms with Crippen molar-refractivity contribution in [3.63, 3.8) is 0 Å². The van der Waals surface area contributed by atoms with Crippen LogP contribution in [0.3, 0.4) is 0 Å². The summed E-state index contributed by atoms with van der Waals surface area (Å²) in [6, 6.07) is 10.8. The molecule has 1 aliphatic carbocycles. The van der Waals surface area contributed by atoms with E-state index in [1.165, 1.54) is 102 Å². The van der Waals surface area contributed by atoms with Crippen LogP contribution in [0.5, 0.6) is 0 Å². The zero-order valence-electron chi connectivity index (χ0n) is 22.9. The molecule has 5 heteroatoms. The molecular formula is C29H53N3S2. The van der Waals surface area contributed by atoms with Gasteiger partial charge in [-0.25, -0.2) is 0 Å². The van der Waals surface area contributed by atoms with Gasteiger partial charge in [-0.05, 0) is 72.1 Å². The molecule has 0 radical (unpaired) electrons. The molecule has 0 aromatic heterocycles. The molecule has 2 saturated heterocycles. The highest BCUT2D eigenvalue weighted by Gasteiger charge is 2.09. The summed E-state index contributed by atoms with van der Waals surface area (Å²) < 4.78 is 0. The Bertz CT molecular complexity index is 575. The third-order valence-electron chi connectivity index (χ3n) is 6.19. The molecular weight excluding hydrogens is 454 g/mol. The maximum atomic E-state index is 5.63. The molecule has 0 bridgehead atoms. The lowest BCUT2D eigenvalue weighted by Crippen LogP contribution is -2.32. The van der Waals surface area contributed by atoms with Crippen molar-refractivity contribution in [1.29, 1.82) is 0 Å². The van der Waals surface area contributed by atoms with Crippen LogP contribution < -0.4 is 5.73 Å². The van der Waals surface area contributed by atoms with Gasteiger partial charge in [0.05, 0.1) is 9.98 Å². The molecule has 2 aliphatic heterocycles. The largest absolute Gasteiger partial charge is 0.366 e. The van der Waals surface area contributed by atoms with E-state index in [1.54, 1.807) is 0 Å². The fraction of sp³-hybridized carbons (Fsp3) is 0.724. The van der Waals surface area contributed by atoms with Crippen molar-refractivity contribution in [3.8, 4) is 0 Å². The Morgan fingerprint density at radius 1 is 0.676 bits per heavy atom. The molecule has 4 rings (SSSR count). The van der Waals surface area contributed by atoms with E-state index in [0.717, 1.165) is 9.98 Å². The van der Waals surface area contributed by atoms with E-state index in [2.05, 4.69) is 28.9 Å². The summed E-state index contributed by atoms with van der Waals surface area (Å²) in [4.78, 5) is 6.71. The zero-order chi connectivity index (χ0) is 25.6. The fourth-order valence-electron chi connectivity index (χ4n) is 4.09. The number of nitrogens with two attached hydrogens (primary N) is 1. The molecule has 2 N–H and O–H groups in total. The van der Waals surface area contributed by atoms with Crippen molar-refractivity contribution in [2.45, 2.75) is 111 Å². The Labute approximate surface area is 222 Å². The van der Waals surface area contributed by atoms with Gasteiger partial charge in [-0.2, -0.15) is 0 Å². The second-order valence-electron chi connectivity index (χ2n) is 9.19. The lowest BCUT2D eigenvalue weighted by molar-refractivity contribution is 0.345. The van der Waals surface area contributed by atoms with Gasteiger partial charge in [0.1, 0.15) is 0 Å². The van der Waals surface area contributed by atoms with Gasteiger partial charge >= 0.3 is 0 Å². The van der Waals surface area contributed by atoms with Crippen molar-refractivity contribution in [1.82, 2.24) is 9.80 Å². The van der Waals surface area contributed by atoms with Crippen molar-refractivity contribution in [3.05, 3.63) is 35.9 Å². The van der Waals surface area contributed by atoms with Crippen molar-refractivity contribution in [2.24, 2.45) is 5.73 Å². The van der Waals surface area contributed by atoms with E-state index in [9.17, 15) is 0 Å². The third-order valence-corrected chi connectivity index (χ3v) is 6.71. The maximum absolute atomic E-state index is 5.63. The third kappa shape index (κ3) is 18.3. The number of benzene rings is 1. The summed E-state index contributed by atoms with van der Waals surface area (Å²) in [5.41, 5.74) is 6.96. The predicted octanol–water partition coefficient (Wildman–Crippen LogP) is 7.94. The molecule has 0 atom stereocenters. The first-order valence-electron chi connectivity index (χ1n) is 13.7. The highest BCUT2D eigenvalue weighted by atomic mass is 32.1. The topological polar surface area (TPSA) is 32.5 Å². The second kappa shape index (κ2) is 22.4. The number of rotatable bonds is 0. The molecule has 1 aromatic rings. The molecule has 34 heavy (non-hydrogen) atoms. The van der Waals surface area contributed by atoms with Crippen molar-refractivity contribution in [2.75, 3.05) is 26.2 Å². The van der Waals surface area contributed by atoms with Crippen LogP contribution in [0.4, 0.5) is 0 Å². The van der Waals surface area contributed by atoms with E-state index in [0.29, 0.717) is 6.04 Å². The average molecular weight is 508 g/mol. The first kappa shape index (κ1) is 33.0. The van der Waals surface area contributed by atoms with E-state index < -0.39 is 0 Å². The van der Waals surface area contributed by atoms with Gasteiger partial charge in [0, 0.05) is 32.2 Å². The first-order valence-corrected chi connectivity index (χ1v) is 14.5. The summed E-state index contributed by atoms with van der Waals surface area (Å²) >= 11 is 10.1. The van der Waals surface area contributed by atoms with Gasteiger partial charge in [-0.1, -0.05) is 93.4 Å². The molecule has 0 spiro atoms. The maximum Gasteiger partial charge on any atom is 0.0747 e. The van der Waals surface area contributed by atoms with Gasteiger partial charge in [0.15, 0.2) is 0 Å². The molecule has 0 unspecified atom stereocenters. The SMILES string of the molecule is CC.CC(=S)N1CCCCC1.CC(=S)N1CCCCC1.Cc1ccccc1.NC1CCCCC1. The minimum atomic E-state index is 0.536. The van der Waals surface area contributed by atoms with Gasteiger partial charge in [0.25, 0.3) is 0 Å². The van der Waals surface area contributed by atoms with Crippen LogP contribution >= 0.6 is 24.4 Å². The number of nitrogens with zero attached hydrogens (tertiary/aromatic N) is 2. The number of likely N-dealkylation sites (tertiary alicyclic amines) is 2. The van der Waals surface area contributed by atoms with Gasteiger partial charge in [-0.15, -0.1) is 0 Å². The normalized spacial score (nSPS) is 17.7. The van der Waals surface area contributed by atoms with Crippen LogP contribution in [0.25, 0.3) is 0 Å². The molecule has 3 fully saturated rings. The molecule has 3 nitrogen and oxygen atoms in total. The first-order chi connectivity index (χ1) is 16.4. The van der Waals surface area contributed by atoms with Crippen LogP contribution in [0, 0.1) is 6.92 Å². The van der Waals surface area contributed by atoms with E-state index >= 15 is 0 Å². The van der Waals surface area contributed by atoms with Crippen molar-refractivity contribution < 1.29 is 0 Å². The molecule has 1 aromatic carbocycles. The number of hydrogen-bond acceptors (Lipinski definition) is 3. The molecule has 2 heterocycles. The van der Waals surface area contributed by atoms with E-state index in [1.807, 2.05) is 45.9 Å². The van der Waals surface area contributed by atoms with Gasteiger partial charge < -0.3 is 15.5 Å². The Morgan fingerprint density at radius 2 is 1.03 bits per heavy atom. The number of aryl methyl sites for hydroxylation is 1. The summed E-state index contributed by atoms with van der Waals surface area (Å²) in [7, 11) is 0. The monoisotopic (exact) mass is 507 g/mol. The quantitative estimate of drug-likeness (QED) is 0.360. The summed E-state index contributed by atoms with van der Waals surface area (Å²) in [6.45, 7) is 14.9.